The summed E-state index contributed by atoms with van der Waals surface area (Å²) >= 11 is 0. The van der Waals surface area contributed by atoms with Gasteiger partial charge in [-0.15, -0.1) is 0 Å². The first kappa shape index (κ1) is 13.3. The van der Waals surface area contributed by atoms with E-state index in [1.807, 2.05) is 0 Å². The molecular formula is C16H26. The van der Waals surface area contributed by atoms with Crippen molar-refractivity contribution in [2.45, 2.75) is 66.2 Å². The van der Waals surface area contributed by atoms with Crippen LogP contribution in [0.4, 0.5) is 0 Å². The van der Waals surface area contributed by atoms with E-state index in [0.717, 1.165) is 0 Å². The molecule has 0 saturated heterocycles. The van der Waals surface area contributed by atoms with Crippen molar-refractivity contribution in [2.24, 2.45) is 0 Å². The van der Waals surface area contributed by atoms with E-state index in [9.17, 15) is 0 Å². The van der Waals surface area contributed by atoms with Crippen LogP contribution in [0.25, 0.3) is 0 Å². The van der Waals surface area contributed by atoms with Crippen LogP contribution in [0, 0.1) is 13.8 Å². The van der Waals surface area contributed by atoms with Gasteiger partial charge >= 0.3 is 0 Å². The summed E-state index contributed by atoms with van der Waals surface area (Å²) < 4.78 is 0. The topological polar surface area (TPSA) is 0 Å². The maximum atomic E-state index is 2.35. The van der Waals surface area contributed by atoms with Crippen LogP contribution in [0.2, 0.25) is 0 Å². The number of rotatable bonds is 0. The fourth-order valence-electron chi connectivity index (χ4n) is 2.58. The van der Waals surface area contributed by atoms with E-state index in [-0.39, 0.29) is 10.8 Å². The molecule has 0 N–H and O–H groups in total. The second kappa shape index (κ2) is 3.91. The molecule has 0 aliphatic carbocycles. The molecule has 0 amide bonds. The molecule has 0 spiro atoms. The highest BCUT2D eigenvalue weighted by molar-refractivity contribution is 5.43. The highest BCUT2D eigenvalue weighted by Gasteiger charge is 2.22. The molecule has 0 saturated carbocycles. The van der Waals surface area contributed by atoms with Crippen LogP contribution in [0.15, 0.2) is 12.1 Å². The molecule has 90 valence electrons. The Bertz CT molecular complexity index is 360. The highest BCUT2D eigenvalue weighted by Crippen LogP contribution is 2.33. The summed E-state index contributed by atoms with van der Waals surface area (Å²) in [4.78, 5) is 0. The molecule has 0 bridgehead atoms. The zero-order chi connectivity index (χ0) is 12.7. The molecule has 1 aromatic carbocycles. The third-order valence-electron chi connectivity index (χ3n) is 3.15. The van der Waals surface area contributed by atoms with E-state index in [4.69, 9.17) is 0 Å². The number of hydrogen-bond acceptors (Lipinski definition) is 0. The summed E-state index contributed by atoms with van der Waals surface area (Å²) in [5, 5.41) is 0. The molecule has 0 aliphatic rings. The lowest BCUT2D eigenvalue weighted by Gasteiger charge is -2.28. The van der Waals surface area contributed by atoms with Gasteiger partial charge in [0.1, 0.15) is 0 Å². The molecule has 0 atom stereocenters. The van der Waals surface area contributed by atoms with Gasteiger partial charge in [0.15, 0.2) is 0 Å². The van der Waals surface area contributed by atoms with E-state index < -0.39 is 0 Å². The molecule has 1 aromatic rings. The van der Waals surface area contributed by atoms with Crippen molar-refractivity contribution in [1.82, 2.24) is 0 Å². The van der Waals surface area contributed by atoms with E-state index in [2.05, 4.69) is 67.5 Å². The monoisotopic (exact) mass is 218 g/mol. The predicted octanol–water partition coefficient (Wildman–Crippen LogP) is 4.90. The largest absolute Gasteiger partial charge is 0.0561 e. The van der Waals surface area contributed by atoms with E-state index in [0.29, 0.717) is 0 Å². The quantitative estimate of drug-likeness (QED) is 0.581. The average Bonchev–Trinajstić information content (AvgIpc) is 1.97. The smallest absolute Gasteiger partial charge is 0.0127 e. The Kier molecular flexibility index (Phi) is 3.24. The van der Waals surface area contributed by atoms with Gasteiger partial charge in [-0.25, -0.2) is 0 Å². The zero-order valence-corrected chi connectivity index (χ0v) is 12.2. The summed E-state index contributed by atoms with van der Waals surface area (Å²) in [6, 6.07) is 4.71. The van der Waals surface area contributed by atoms with Gasteiger partial charge in [-0.05, 0) is 46.9 Å². The highest BCUT2D eigenvalue weighted by atomic mass is 14.3. The maximum Gasteiger partial charge on any atom is -0.0127 e. The van der Waals surface area contributed by atoms with Crippen molar-refractivity contribution in [3.8, 4) is 0 Å². The number of benzene rings is 1. The number of aryl methyl sites for hydroxylation is 2. The lowest BCUT2D eigenvalue weighted by Crippen LogP contribution is -2.18. The predicted molar refractivity (Wildman–Crippen MR) is 73.3 cm³/mol. The Hall–Kier alpha value is -0.780. The van der Waals surface area contributed by atoms with Crippen LogP contribution in [-0.4, -0.2) is 0 Å². The van der Waals surface area contributed by atoms with E-state index in [1.54, 1.807) is 0 Å². The van der Waals surface area contributed by atoms with Crippen molar-refractivity contribution in [1.29, 1.82) is 0 Å². The van der Waals surface area contributed by atoms with E-state index in [1.165, 1.54) is 22.3 Å². The molecule has 16 heavy (non-hydrogen) atoms. The molecule has 0 unspecified atom stereocenters. The maximum absolute atomic E-state index is 2.35. The van der Waals surface area contributed by atoms with Gasteiger partial charge in [-0.1, -0.05) is 53.7 Å². The molecule has 0 radical (unpaired) electrons. The van der Waals surface area contributed by atoms with Crippen molar-refractivity contribution in [3.05, 3.63) is 34.4 Å². The fourth-order valence-corrected chi connectivity index (χ4v) is 2.58. The Balaban J connectivity index is 3.41. The van der Waals surface area contributed by atoms with Gasteiger partial charge in [-0.3, -0.25) is 0 Å². The SMILES string of the molecule is Cc1cc(C(C)(C)C)cc(C)c1C(C)(C)C. The normalized spacial score (nSPS) is 13.0. The molecule has 0 heterocycles. The number of hydrogen-bond donors (Lipinski definition) is 0. The van der Waals surface area contributed by atoms with Crippen molar-refractivity contribution >= 4 is 0 Å². The summed E-state index contributed by atoms with van der Waals surface area (Å²) in [6.45, 7) is 18.2. The van der Waals surface area contributed by atoms with Crippen LogP contribution < -0.4 is 0 Å². The van der Waals surface area contributed by atoms with Crippen LogP contribution in [-0.2, 0) is 10.8 Å². The van der Waals surface area contributed by atoms with Gasteiger partial charge in [0, 0.05) is 0 Å². The second-order valence-electron chi connectivity index (χ2n) is 6.99. The Labute approximate surface area is 101 Å². The van der Waals surface area contributed by atoms with Gasteiger partial charge in [0.25, 0.3) is 0 Å². The zero-order valence-electron chi connectivity index (χ0n) is 12.2. The minimum atomic E-state index is 0.241. The standard InChI is InChI=1S/C16H26/c1-11-9-13(15(3,4)5)10-12(2)14(11)16(6,7)8/h9-10H,1-8H3. The lowest BCUT2D eigenvalue weighted by atomic mass is 9.77. The summed E-state index contributed by atoms with van der Waals surface area (Å²) in [5.41, 5.74) is 6.28. The Morgan fingerprint density at radius 1 is 0.688 bits per heavy atom. The van der Waals surface area contributed by atoms with Crippen molar-refractivity contribution < 1.29 is 0 Å². The summed E-state index contributed by atoms with van der Waals surface area (Å²) in [7, 11) is 0. The van der Waals surface area contributed by atoms with Crippen LogP contribution in [0.3, 0.4) is 0 Å². The first-order valence-corrected chi connectivity index (χ1v) is 6.15. The minimum absolute atomic E-state index is 0.241. The third-order valence-corrected chi connectivity index (χ3v) is 3.15. The molecule has 1 rings (SSSR count). The minimum Gasteiger partial charge on any atom is -0.0561 e. The lowest BCUT2D eigenvalue weighted by molar-refractivity contribution is 0.569. The average molecular weight is 218 g/mol. The second-order valence-corrected chi connectivity index (χ2v) is 6.99. The first-order chi connectivity index (χ1) is 7.03. The van der Waals surface area contributed by atoms with Gasteiger partial charge in [-0.2, -0.15) is 0 Å². The van der Waals surface area contributed by atoms with Gasteiger partial charge in [0.05, 0.1) is 0 Å². The fraction of sp³-hybridized carbons (Fsp3) is 0.625. The molecule has 0 nitrogen and oxygen atoms in total. The Morgan fingerprint density at radius 2 is 1.06 bits per heavy atom. The van der Waals surface area contributed by atoms with Crippen LogP contribution in [0.1, 0.15) is 63.8 Å². The van der Waals surface area contributed by atoms with Crippen LogP contribution in [0.5, 0.6) is 0 Å². The van der Waals surface area contributed by atoms with Crippen molar-refractivity contribution in [2.75, 3.05) is 0 Å². The molecule has 0 aliphatic heterocycles. The molecule has 0 aromatic heterocycles. The molecular weight excluding hydrogens is 192 g/mol. The Morgan fingerprint density at radius 3 is 1.31 bits per heavy atom. The summed E-state index contributed by atoms with van der Waals surface area (Å²) in [5.74, 6) is 0. The van der Waals surface area contributed by atoms with Crippen molar-refractivity contribution in [3.63, 3.8) is 0 Å². The van der Waals surface area contributed by atoms with E-state index >= 15 is 0 Å². The van der Waals surface area contributed by atoms with Gasteiger partial charge in [0.2, 0.25) is 0 Å². The molecule has 0 fully saturated rings. The van der Waals surface area contributed by atoms with Crippen LogP contribution >= 0.6 is 0 Å². The third kappa shape index (κ3) is 2.66. The van der Waals surface area contributed by atoms with Gasteiger partial charge < -0.3 is 0 Å². The first-order valence-electron chi connectivity index (χ1n) is 6.15. The summed E-state index contributed by atoms with van der Waals surface area (Å²) in [6.07, 6.45) is 0. The molecule has 0 heteroatoms.